The van der Waals surface area contributed by atoms with Crippen molar-refractivity contribution in [2.45, 2.75) is 44.4 Å². The van der Waals surface area contributed by atoms with Crippen LogP contribution in [0.4, 0.5) is 5.69 Å². The number of carboxylic acid groups (broad SMARTS) is 1. The minimum atomic E-state index is -1.10. The zero-order valence-electron chi connectivity index (χ0n) is 19.1. The quantitative estimate of drug-likeness (QED) is 0.158. The van der Waals surface area contributed by atoms with Crippen LogP contribution >= 0.6 is 0 Å². The molecule has 2 rings (SSSR count). The maximum absolute atomic E-state index is 12.5. The molecule has 1 atom stereocenters. The van der Waals surface area contributed by atoms with E-state index in [9.17, 15) is 19.5 Å². The maximum Gasteiger partial charge on any atom is 0.326 e. The fourth-order valence-corrected chi connectivity index (χ4v) is 3.29. The van der Waals surface area contributed by atoms with Gasteiger partial charge in [0.15, 0.2) is 0 Å². The van der Waals surface area contributed by atoms with Crippen LogP contribution in [0.15, 0.2) is 48.5 Å². The summed E-state index contributed by atoms with van der Waals surface area (Å²) < 4.78 is 0. The molecule has 0 saturated carbocycles. The first kappa shape index (κ1) is 26.9. The molecule has 34 heavy (non-hydrogen) atoms. The van der Waals surface area contributed by atoms with Crippen LogP contribution in [0.1, 0.15) is 42.5 Å². The minimum Gasteiger partial charge on any atom is -0.480 e. The Labute approximate surface area is 199 Å². The molecule has 0 radical (unpaired) electrons. The van der Waals surface area contributed by atoms with Crippen LogP contribution in [0.3, 0.4) is 0 Å². The van der Waals surface area contributed by atoms with Gasteiger partial charge < -0.3 is 32.9 Å². The van der Waals surface area contributed by atoms with Gasteiger partial charge in [0.2, 0.25) is 5.91 Å². The molecular formula is C24H34N6O4. The first-order valence-electron chi connectivity index (χ1n) is 11.3. The number of amides is 2. The molecule has 0 fully saturated rings. The lowest BCUT2D eigenvalue weighted by atomic mass is 10.0. The number of rotatable bonds is 14. The van der Waals surface area contributed by atoms with E-state index in [1.807, 2.05) is 24.3 Å². The number of carboxylic acids is 1. The molecule has 10 N–H and O–H groups in total. The molecule has 0 aliphatic carbocycles. The molecule has 184 valence electrons. The van der Waals surface area contributed by atoms with Crippen LogP contribution < -0.4 is 33.2 Å². The molecule has 10 nitrogen and oxygen atoms in total. The number of unbranched alkanes of at least 4 members (excludes halogenated alkanes) is 1. The first-order valence-corrected chi connectivity index (χ1v) is 11.3. The summed E-state index contributed by atoms with van der Waals surface area (Å²) in [6.07, 6.45) is 2.08. The summed E-state index contributed by atoms with van der Waals surface area (Å²) in [5.74, 6) is -1.61. The maximum atomic E-state index is 12.5. The highest BCUT2D eigenvalue weighted by Crippen LogP contribution is 2.22. The Morgan fingerprint density at radius 1 is 0.882 bits per heavy atom. The number of carbonyl (C=O) groups is 3. The highest BCUT2D eigenvalue weighted by molar-refractivity contribution is 5.97. The van der Waals surface area contributed by atoms with Crippen molar-refractivity contribution in [2.75, 3.05) is 18.4 Å². The molecule has 0 aromatic heterocycles. The second-order valence-corrected chi connectivity index (χ2v) is 7.94. The van der Waals surface area contributed by atoms with Crippen LogP contribution in [0, 0.1) is 0 Å². The summed E-state index contributed by atoms with van der Waals surface area (Å²) in [6, 6.07) is 13.3. The summed E-state index contributed by atoms with van der Waals surface area (Å²) >= 11 is 0. The van der Waals surface area contributed by atoms with Crippen molar-refractivity contribution in [3.8, 4) is 11.1 Å². The van der Waals surface area contributed by atoms with Gasteiger partial charge in [0.05, 0.1) is 0 Å². The number of nitrogens with one attached hydrogen (secondary N) is 3. The van der Waals surface area contributed by atoms with E-state index in [0.717, 1.165) is 24.0 Å². The number of benzene rings is 2. The molecule has 0 bridgehead atoms. The van der Waals surface area contributed by atoms with E-state index in [4.69, 9.17) is 17.2 Å². The molecule has 2 aromatic rings. The lowest BCUT2D eigenvalue weighted by Crippen LogP contribution is -2.46. The summed E-state index contributed by atoms with van der Waals surface area (Å²) in [6.45, 7) is 1.02. The van der Waals surface area contributed by atoms with Crippen LogP contribution in [-0.4, -0.2) is 48.3 Å². The molecule has 0 aliphatic rings. The molecule has 0 spiro atoms. The molecule has 2 amide bonds. The Balaban J connectivity index is 1.92. The number of anilines is 1. The highest BCUT2D eigenvalue weighted by atomic mass is 16.4. The van der Waals surface area contributed by atoms with Gasteiger partial charge in [-0.25, -0.2) is 4.79 Å². The molecule has 0 saturated heterocycles. The van der Waals surface area contributed by atoms with Gasteiger partial charge in [-0.2, -0.15) is 0 Å². The van der Waals surface area contributed by atoms with E-state index >= 15 is 0 Å². The summed E-state index contributed by atoms with van der Waals surface area (Å²) in [5.41, 5.74) is 19.1. The van der Waals surface area contributed by atoms with Crippen LogP contribution in [0.5, 0.6) is 0 Å². The van der Waals surface area contributed by atoms with Crippen molar-refractivity contribution in [3.63, 3.8) is 0 Å². The Morgan fingerprint density at radius 2 is 1.50 bits per heavy atom. The molecular weight excluding hydrogens is 436 g/mol. The Hall–Kier alpha value is -3.31. The standard InChI is InChI=1S/C24H34N6O4/c25-14-2-1-5-21(31)29-19-12-10-17(11-13-19)16-6-8-18(9-7-16)22(32)30-20(23(33)34)4-3-15-28-24(26)27/h6-13,20,24,28H,1-5,14-15,25-27H2,(H,29,31)(H,30,32)(H,33,34)/t20-/m0/s1. The minimum absolute atomic E-state index is 0.0459. The number of hydrogen-bond donors (Lipinski definition) is 7. The second-order valence-electron chi connectivity index (χ2n) is 7.94. The van der Waals surface area contributed by atoms with Crippen LogP contribution in [0.2, 0.25) is 0 Å². The lowest BCUT2D eigenvalue weighted by Gasteiger charge is -2.15. The highest BCUT2D eigenvalue weighted by Gasteiger charge is 2.20. The Bertz CT molecular complexity index is 931. The SMILES string of the molecule is NCCCCC(=O)Nc1ccc(-c2ccc(C(=O)N[C@@H](CCCNC(N)N)C(=O)O)cc2)cc1. The van der Waals surface area contributed by atoms with Gasteiger partial charge in [-0.3, -0.25) is 14.9 Å². The fourth-order valence-electron chi connectivity index (χ4n) is 3.29. The van der Waals surface area contributed by atoms with Gasteiger partial charge in [0, 0.05) is 17.7 Å². The summed E-state index contributed by atoms with van der Waals surface area (Å²) in [5, 5.41) is 17.6. The van der Waals surface area contributed by atoms with Crippen LogP contribution in [-0.2, 0) is 9.59 Å². The largest absolute Gasteiger partial charge is 0.480 e. The first-order chi connectivity index (χ1) is 16.3. The van der Waals surface area contributed by atoms with Crippen molar-refractivity contribution in [1.29, 1.82) is 0 Å². The molecule has 0 aliphatic heterocycles. The van der Waals surface area contributed by atoms with Crippen molar-refractivity contribution in [2.24, 2.45) is 17.2 Å². The van der Waals surface area contributed by atoms with E-state index < -0.39 is 24.2 Å². The average molecular weight is 471 g/mol. The predicted octanol–water partition coefficient (Wildman–Crippen LogP) is 1.17. The van der Waals surface area contributed by atoms with Crippen molar-refractivity contribution in [3.05, 3.63) is 54.1 Å². The number of hydrogen-bond acceptors (Lipinski definition) is 7. The van der Waals surface area contributed by atoms with Gasteiger partial charge in [-0.15, -0.1) is 0 Å². The van der Waals surface area contributed by atoms with Gasteiger partial charge in [-0.05, 0) is 74.2 Å². The van der Waals surface area contributed by atoms with Gasteiger partial charge in [0.25, 0.3) is 5.91 Å². The van der Waals surface area contributed by atoms with E-state index in [1.54, 1.807) is 24.3 Å². The summed E-state index contributed by atoms with van der Waals surface area (Å²) in [7, 11) is 0. The number of carbonyl (C=O) groups excluding carboxylic acids is 2. The van der Waals surface area contributed by atoms with Crippen LogP contribution in [0.25, 0.3) is 11.1 Å². The van der Waals surface area contributed by atoms with Crippen molar-refractivity contribution < 1.29 is 19.5 Å². The summed E-state index contributed by atoms with van der Waals surface area (Å²) in [4.78, 5) is 35.9. The topological polar surface area (TPSA) is 186 Å². The van der Waals surface area contributed by atoms with E-state index in [-0.39, 0.29) is 12.3 Å². The van der Waals surface area contributed by atoms with Gasteiger partial charge in [0.1, 0.15) is 12.3 Å². The van der Waals surface area contributed by atoms with E-state index in [2.05, 4.69) is 16.0 Å². The molecule has 10 heteroatoms. The van der Waals surface area contributed by atoms with E-state index in [1.165, 1.54) is 0 Å². The monoisotopic (exact) mass is 470 g/mol. The third kappa shape index (κ3) is 9.28. The number of aliphatic carboxylic acids is 1. The van der Waals surface area contributed by atoms with E-state index in [0.29, 0.717) is 37.2 Å². The predicted molar refractivity (Wildman–Crippen MR) is 132 cm³/mol. The Kier molecular flexibility index (Phi) is 11.1. The van der Waals surface area contributed by atoms with Gasteiger partial charge in [-0.1, -0.05) is 24.3 Å². The molecule has 0 heterocycles. The normalized spacial score (nSPS) is 11.8. The smallest absolute Gasteiger partial charge is 0.326 e. The zero-order valence-corrected chi connectivity index (χ0v) is 19.1. The van der Waals surface area contributed by atoms with Crippen molar-refractivity contribution >= 4 is 23.5 Å². The fraction of sp³-hybridized carbons (Fsp3) is 0.375. The Morgan fingerprint density at radius 3 is 2.06 bits per heavy atom. The van der Waals surface area contributed by atoms with Crippen molar-refractivity contribution in [1.82, 2.24) is 10.6 Å². The van der Waals surface area contributed by atoms with Gasteiger partial charge >= 0.3 is 5.97 Å². The second kappa shape index (κ2) is 14.1. The zero-order chi connectivity index (χ0) is 24.9. The number of nitrogens with two attached hydrogens (primary N) is 3. The third-order valence-corrected chi connectivity index (χ3v) is 5.16. The molecule has 0 unspecified atom stereocenters. The average Bonchev–Trinajstić information content (AvgIpc) is 2.81. The lowest BCUT2D eigenvalue weighted by molar-refractivity contribution is -0.139. The third-order valence-electron chi connectivity index (χ3n) is 5.16. The molecule has 2 aromatic carbocycles.